The van der Waals surface area contributed by atoms with Gasteiger partial charge in [0, 0.05) is 31.1 Å². The highest BCUT2D eigenvalue weighted by Crippen LogP contribution is 2.14. The molecule has 22 heavy (non-hydrogen) atoms. The smallest absolute Gasteiger partial charge is 0.319 e. The topological polar surface area (TPSA) is 72.5 Å². The molecule has 0 radical (unpaired) electrons. The third kappa shape index (κ3) is 4.46. The highest BCUT2D eigenvalue weighted by atomic mass is 16.5. The Morgan fingerprint density at radius 2 is 2.09 bits per heavy atom. The van der Waals surface area contributed by atoms with Gasteiger partial charge >= 0.3 is 6.03 Å². The van der Waals surface area contributed by atoms with Crippen molar-refractivity contribution in [2.24, 2.45) is 0 Å². The second-order valence-electron chi connectivity index (χ2n) is 4.61. The average molecular weight is 301 g/mol. The lowest BCUT2D eigenvalue weighted by Crippen LogP contribution is -2.28. The molecule has 0 aliphatic heterocycles. The van der Waals surface area contributed by atoms with E-state index in [1.165, 1.54) is 0 Å². The number of amides is 2. The van der Waals surface area contributed by atoms with E-state index in [2.05, 4.69) is 15.6 Å². The van der Waals surface area contributed by atoms with Crippen LogP contribution in [0.4, 0.5) is 10.5 Å². The monoisotopic (exact) mass is 301 g/mol. The van der Waals surface area contributed by atoms with E-state index in [0.29, 0.717) is 24.7 Å². The van der Waals surface area contributed by atoms with Crippen molar-refractivity contribution in [3.63, 3.8) is 0 Å². The summed E-state index contributed by atoms with van der Waals surface area (Å²) in [4.78, 5) is 16.0. The van der Waals surface area contributed by atoms with Gasteiger partial charge in [-0.05, 0) is 23.8 Å². The first kappa shape index (κ1) is 15.8. The molecule has 0 atom stereocenters. The van der Waals surface area contributed by atoms with Gasteiger partial charge in [-0.15, -0.1) is 0 Å². The fourth-order valence-corrected chi connectivity index (χ4v) is 2.00. The molecule has 0 aliphatic carbocycles. The minimum absolute atomic E-state index is 0.291. The van der Waals surface area contributed by atoms with E-state index in [0.717, 1.165) is 11.1 Å². The van der Waals surface area contributed by atoms with E-state index in [1.807, 2.05) is 30.3 Å². The lowest BCUT2D eigenvalue weighted by atomic mass is 10.2. The molecule has 0 aliphatic rings. The maximum absolute atomic E-state index is 11.9. The summed E-state index contributed by atoms with van der Waals surface area (Å²) >= 11 is 0. The molecule has 0 saturated heterocycles. The van der Waals surface area contributed by atoms with Crippen LogP contribution < -0.4 is 15.4 Å². The molecule has 1 aromatic heterocycles. The minimum atomic E-state index is -0.291. The van der Waals surface area contributed by atoms with Gasteiger partial charge in [0.25, 0.3) is 0 Å². The van der Waals surface area contributed by atoms with Crippen LogP contribution in [0, 0.1) is 0 Å². The Bertz CT molecular complexity index is 632. The van der Waals surface area contributed by atoms with Crippen LogP contribution in [0.2, 0.25) is 0 Å². The van der Waals surface area contributed by atoms with Crippen molar-refractivity contribution in [1.29, 1.82) is 0 Å². The third-order valence-corrected chi connectivity index (χ3v) is 2.98. The first-order chi connectivity index (χ1) is 10.7. The van der Waals surface area contributed by atoms with Gasteiger partial charge in [0.15, 0.2) is 0 Å². The first-order valence-electron chi connectivity index (χ1n) is 6.83. The number of anilines is 1. The lowest BCUT2D eigenvalue weighted by Gasteiger charge is -2.10. The van der Waals surface area contributed by atoms with E-state index in [-0.39, 0.29) is 6.03 Å². The number of pyridine rings is 1. The molecule has 2 amide bonds. The summed E-state index contributed by atoms with van der Waals surface area (Å²) in [7, 11) is 3.18. The maximum atomic E-state index is 11.9. The van der Waals surface area contributed by atoms with E-state index >= 15 is 0 Å². The summed E-state index contributed by atoms with van der Waals surface area (Å²) < 4.78 is 10.2. The van der Waals surface area contributed by atoms with Crippen molar-refractivity contribution < 1.29 is 14.3 Å². The number of hydrogen-bond donors (Lipinski definition) is 2. The van der Waals surface area contributed by atoms with E-state index in [1.54, 1.807) is 26.5 Å². The van der Waals surface area contributed by atoms with Crippen molar-refractivity contribution in [2.75, 3.05) is 19.5 Å². The lowest BCUT2D eigenvalue weighted by molar-refractivity contribution is 0.185. The number of nitrogens with one attached hydrogen (secondary N) is 2. The Labute approximate surface area is 129 Å². The zero-order valence-corrected chi connectivity index (χ0v) is 12.6. The molecule has 2 aromatic rings. The molecule has 1 heterocycles. The number of hydrogen-bond acceptors (Lipinski definition) is 4. The first-order valence-corrected chi connectivity index (χ1v) is 6.83. The van der Waals surface area contributed by atoms with Crippen LogP contribution >= 0.6 is 0 Å². The number of benzene rings is 1. The maximum Gasteiger partial charge on any atom is 0.319 e. The molecule has 0 fully saturated rings. The van der Waals surface area contributed by atoms with Crippen LogP contribution in [0.15, 0.2) is 42.6 Å². The second-order valence-corrected chi connectivity index (χ2v) is 4.61. The number of methoxy groups -OCH3 is 2. The number of aromatic nitrogens is 1. The van der Waals surface area contributed by atoms with Gasteiger partial charge in [-0.1, -0.05) is 18.2 Å². The molecule has 6 heteroatoms. The number of ether oxygens (including phenoxy) is 2. The van der Waals surface area contributed by atoms with Crippen molar-refractivity contribution in [3.8, 4) is 5.88 Å². The number of nitrogens with zero attached hydrogens (tertiary/aromatic N) is 1. The summed E-state index contributed by atoms with van der Waals surface area (Å²) in [5.74, 6) is 0.505. The van der Waals surface area contributed by atoms with Gasteiger partial charge in [0.1, 0.15) is 0 Å². The van der Waals surface area contributed by atoms with Crippen molar-refractivity contribution in [1.82, 2.24) is 10.3 Å². The minimum Gasteiger partial charge on any atom is -0.481 e. The summed E-state index contributed by atoms with van der Waals surface area (Å²) in [5, 5.41) is 5.55. The van der Waals surface area contributed by atoms with Gasteiger partial charge in [-0.2, -0.15) is 0 Å². The Balaban J connectivity index is 1.91. The van der Waals surface area contributed by atoms with Crippen LogP contribution in [0.25, 0.3) is 0 Å². The molecular formula is C16H19N3O3. The van der Waals surface area contributed by atoms with Crippen molar-refractivity contribution in [2.45, 2.75) is 13.2 Å². The van der Waals surface area contributed by atoms with Crippen LogP contribution in [0.5, 0.6) is 5.88 Å². The highest BCUT2D eigenvalue weighted by molar-refractivity contribution is 5.89. The predicted octanol–water partition coefficient (Wildman–Crippen LogP) is 2.56. The Hall–Kier alpha value is -2.60. The van der Waals surface area contributed by atoms with E-state index in [9.17, 15) is 4.79 Å². The van der Waals surface area contributed by atoms with Gasteiger partial charge in [-0.3, -0.25) is 0 Å². The fourth-order valence-electron chi connectivity index (χ4n) is 2.00. The highest BCUT2D eigenvalue weighted by Gasteiger charge is 2.06. The van der Waals surface area contributed by atoms with E-state index in [4.69, 9.17) is 9.47 Å². The summed E-state index contributed by atoms with van der Waals surface area (Å²) in [6.07, 6.45) is 1.64. The second kappa shape index (κ2) is 7.99. The summed E-state index contributed by atoms with van der Waals surface area (Å²) in [5.41, 5.74) is 2.52. The zero-order valence-electron chi connectivity index (χ0n) is 12.6. The molecule has 0 unspecified atom stereocenters. The average Bonchev–Trinajstić information content (AvgIpc) is 2.54. The van der Waals surface area contributed by atoms with Crippen molar-refractivity contribution >= 4 is 11.7 Å². The number of rotatable bonds is 6. The molecule has 0 saturated carbocycles. The third-order valence-electron chi connectivity index (χ3n) is 2.98. The molecular weight excluding hydrogens is 282 g/mol. The SMILES string of the molecule is COCc1cccc(NC(=O)NCc2cccnc2OC)c1. The Morgan fingerprint density at radius 1 is 1.23 bits per heavy atom. The number of carbonyl (C=O) groups is 1. The van der Waals surface area contributed by atoms with Gasteiger partial charge in [-0.25, -0.2) is 9.78 Å². The van der Waals surface area contributed by atoms with Crippen molar-refractivity contribution in [3.05, 3.63) is 53.7 Å². The Kier molecular flexibility index (Phi) is 5.73. The molecule has 0 bridgehead atoms. The zero-order chi connectivity index (χ0) is 15.8. The van der Waals surface area contributed by atoms with Gasteiger partial charge in [0.05, 0.1) is 13.7 Å². The molecule has 6 nitrogen and oxygen atoms in total. The van der Waals surface area contributed by atoms with Gasteiger partial charge < -0.3 is 20.1 Å². The number of carbonyl (C=O) groups excluding carboxylic acids is 1. The molecule has 2 N–H and O–H groups in total. The van der Waals surface area contributed by atoms with Crippen LogP contribution in [0.1, 0.15) is 11.1 Å². The molecule has 0 spiro atoms. The largest absolute Gasteiger partial charge is 0.481 e. The van der Waals surface area contributed by atoms with Gasteiger partial charge in [0.2, 0.25) is 5.88 Å². The normalized spacial score (nSPS) is 10.1. The summed E-state index contributed by atoms with van der Waals surface area (Å²) in [6.45, 7) is 0.838. The van der Waals surface area contributed by atoms with Crippen LogP contribution in [-0.4, -0.2) is 25.2 Å². The van der Waals surface area contributed by atoms with E-state index < -0.39 is 0 Å². The quantitative estimate of drug-likeness (QED) is 0.860. The molecule has 116 valence electrons. The predicted molar refractivity (Wildman–Crippen MR) is 83.8 cm³/mol. The Morgan fingerprint density at radius 3 is 2.86 bits per heavy atom. The number of urea groups is 1. The van der Waals surface area contributed by atoms with Crippen LogP contribution in [0.3, 0.4) is 0 Å². The molecule has 2 rings (SSSR count). The summed E-state index contributed by atoms with van der Waals surface area (Å²) in [6, 6.07) is 10.9. The standard InChI is InChI=1S/C16H19N3O3/c1-21-11-12-5-3-7-14(9-12)19-16(20)18-10-13-6-4-8-17-15(13)22-2/h3-9H,10-11H2,1-2H3,(H2,18,19,20). The fraction of sp³-hybridized carbons (Fsp3) is 0.250. The molecule has 1 aromatic carbocycles. The van der Waals surface area contributed by atoms with Crippen LogP contribution in [-0.2, 0) is 17.9 Å².